The number of rotatable bonds is 6. The number of hydrogen-bond donors (Lipinski definition) is 2. The minimum absolute atomic E-state index is 0.0988. The van der Waals surface area contributed by atoms with Gasteiger partial charge in [-0.3, -0.25) is 4.79 Å². The molecule has 21 heavy (non-hydrogen) atoms. The van der Waals surface area contributed by atoms with E-state index in [1.165, 1.54) is 12.0 Å². The quantitative estimate of drug-likeness (QED) is 0.838. The van der Waals surface area contributed by atoms with E-state index < -0.39 is 0 Å². The van der Waals surface area contributed by atoms with E-state index in [0.717, 1.165) is 38.5 Å². The van der Waals surface area contributed by atoms with Crippen LogP contribution in [-0.4, -0.2) is 11.4 Å². The molecule has 2 rings (SSSR count). The third-order valence-electron chi connectivity index (χ3n) is 4.48. The molecule has 1 saturated carbocycles. The number of amides is 1. The standard InChI is InChI=1S/C18H28N2O/c1-2-9-16(15-10-5-3-6-11-15)20-17(21)14-18(19)12-7-4-8-13-18/h3,5-6,10-11,16H,2,4,7-9,12-14,19H2,1H3,(H,20,21). The van der Waals surface area contributed by atoms with Crippen molar-refractivity contribution >= 4 is 5.91 Å². The largest absolute Gasteiger partial charge is 0.349 e. The van der Waals surface area contributed by atoms with Gasteiger partial charge in [-0.25, -0.2) is 0 Å². The zero-order chi connectivity index (χ0) is 15.1. The van der Waals surface area contributed by atoms with Gasteiger partial charge in [0.25, 0.3) is 0 Å². The molecule has 1 aromatic rings. The van der Waals surface area contributed by atoms with Gasteiger partial charge in [-0.15, -0.1) is 0 Å². The van der Waals surface area contributed by atoms with Crippen LogP contribution in [-0.2, 0) is 4.79 Å². The maximum atomic E-state index is 12.4. The third-order valence-corrected chi connectivity index (χ3v) is 4.48. The van der Waals surface area contributed by atoms with Gasteiger partial charge in [0, 0.05) is 12.0 Å². The molecule has 0 aliphatic heterocycles. The van der Waals surface area contributed by atoms with Crippen LogP contribution in [0.1, 0.15) is 69.9 Å². The Balaban J connectivity index is 1.95. The first kappa shape index (κ1) is 16.0. The summed E-state index contributed by atoms with van der Waals surface area (Å²) in [6, 6.07) is 10.3. The van der Waals surface area contributed by atoms with Crippen LogP contribution in [0.3, 0.4) is 0 Å². The van der Waals surface area contributed by atoms with E-state index in [2.05, 4.69) is 24.4 Å². The third kappa shape index (κ3) is 4.85. The van der Waals surface area contributed by atoms with Crippen molar-refractivity contribution in [1.29, 1.82) is 0 Å². The van der Waals surface area contributed by atoms with Gasteiger partial charge in [-0.05, 0) is 24.8 Å². The van der Waals surface area contributed by atoms with Crippen LogP contribution in [0.15, 0.2) is 30.3 Å². The molecule has 0 aromatic heterocycles. The Kier molecular flexibility index (Phi) is 5.80. The molecule has 1 amide bonds. The molecule has 3 N–H and O–H groups in total. The van der Waals surface area contributed by atoms with Gasteiger partial charge in [-0.2, -0.15) is 0 Å². The molecule has 1 aliphatic rings. The van der Waals surface area contributed by atoms with Crippen LogP contribution in [0.4, 0.5) is 0 Å². The lowest BCUT2D eigenvalue weighted by Gasteiger charge is -2.33. The van der Waals surface area contributed by atoms with Crippen molar-refractivity contribution in [3.63, 3.8) is 0 Å². The predicted octanol–water partition coefficient (Wildman–Crippen LogP) is 3.70. The molecule has 1 atom stereocenters. The zero-order valence-electron chi connectivity index (χ0n) is 13.1. The molecule has 116 valence electrons. The molecular weight excluding hydrogens is 260 g/mol. The number of nitrogens with two attached hydrogens (primary N) is 1. The highest BCUT2D eigenvalue weighted by Gasteiger charge is 2.30. The molecular formula is C18H28N2O. The van der Waals surface area contributed by atoms with Crippen LogP contribution in [0.2, 0.25) is 0 Å². The zero-order valence-corrected chi connectivity index (χ0v) is 13.1. The number of carbonyl (C=O) groups is 1. The van der Waals surface area contributed by atoms with E-state index in [1.807, 2.05) is 18.2 Å². The lowest BCUT2D eigenvalue weighted by atomic mass is 9.80. The van der Waals surface area contributed by atoms with Crippen molar-refractivity contribution in [2.45, 2.75) is 69.9 Å². The lowest BCUT2D eigenvalue weighted by molar-refractivity contribution is -0.123. The van der Waals surface area contributed by atoms with Crippen molar-refractivity contribution in [2.24, 2.45) is 5.73 Å². The Morgan fingerprint density at radius 2 is 1.90 bits per heavy atom. The fourth-order valence-electron chi connectivity index (χ4n) is 3.29. The van der Waals surface area contributed by atoms with Gasteiger partial charge in [0.05, 0.1) is 6.04 Å². The second-order valence-electron chi connectivity index (χ2n) is 6.42. The minimum Gasteiger partial charge on any atom is -0.349 e. The second kappa shape index (κ2) is 7.60. The summed E-state index contributed by atoms with van der Waals surface area (Å²) in [4.78, 5) is 12.4. The van der Waals surface area contributed by atoms with Crippen LogP contribution >= 0.6 is 0 Å². The van der Waals surface area contributed by atoms with Crippen LogP contribution < -0.4 is 11.1 Å². The van der Waals surface area contributed by atoms with E-state index in [1.54, 1.807) is 0 Å². The molecule has 3 heteroatoms. The van der Waals surface area contributed by atoms with Gasteiger partial charge in [-0.1, -0.05) is 62.9 Å². The number of benzene rings is 1. The number of hydrogen-bond acceptors (Lipinski definition) is 2. The summed E-state index contributed by atoms with van der Waals surface area (Å²) >= 11 is 0. The van der Waals surface area contributed by atoms with Crippen LogP contribution in [0.5, 0.6) is 0 Å². The SMILES string of the molecule is CCCC(NC(=O)CC1(N)CCCCC1)c1ccccc1. The first-order valence-corrected chi connectivity index (χ1v) is 8.26. The van der Waals surface area contributed by atoms with Crippen LogP contribution in [0, 0.1) is 0 Å². The van der Waals surface area contributed by atoms with Gasteiger partial charge in [0.2, 0.25) is 5.91 Å². The Hall–Kier alpha value is -1.35. The maximum Gasteiger partial charge on any atom is 0.222 e. The highest BCUT2D eigenvalue weighted by atomic mass is 16.1. The van der Waals surface area contributed by atoms with E-state index in [-0.39, 0.29) is 17.5 Å². The Morgan fingerprint density at radius 3 is 2.52 bits per heavy atom. The monoisotopic (exact) mass is 288 g/mol. The van der Waals surface area contributed by atoms with E-state index in [0.29, 0.717) is 6.42 Å². The molecule has 0 spiro atoms. The molecule has 0 radical (unpaired) electrons. The first-order chi connectivity index (χ1) is 10.1. The summed E-state index contributed by atoms with van der Waals surface area (Å²) in [6.07, 6.45) is 7.99. The van der Waals surface area contributed by atoms with Crippen molar-refractivity contribution in [1.82, 2.24) is 5.32 Å². The van der Waals surface area contributed by atoms with Crippen molar-refractivity contribution in [3.8, 4) is 0 Å². The van der Waals surface area contributed by atoms with Crippen molar-refractivity contribution in [3.05, 3.63) is 35.9 Å². The summed E-state index contributed by atoms with van der Waals surface area (Å²) in [5.74, 6) is 0.0988. The number of nitrogens with one attached hydrogen (secondary N) is 1. The molecule has 3 nitrogen and oxygen atoms in total. The predicted molar refractivity (Wildman–Crippen MR) is 86.9 cm³/mol. The maximum absolute atomic E-state index is 12.4. The van der Waals surface area contributed by atoms with E-state index >= 15 is 0 Å². The minimum atomic E-state index is -0.282. The fourth-order valence-corrected chi connectivity index (χ4v) is 3.29. The van der Waals surface area contributed by atoms with Crippen molar-refractivity contribution in [2.75, 3.05) is 0 Å². The molecule has 1 fully saturated rings. The summed E-state index contributed by atoms with van der Waals surface area (Å²) in [5, 5.41) is 3.19. The molecule has 1 unspecified atom stereocenters. The van der Waals surface area contributed by atoms with E-state index in [9.17, 15) is 4.79 Å². The lowest BCUT2D eigenvalue weighted by Crippen LogP contribution is -2.46. The van der Waals surface area contributed by atoms with E-state index in [4.69, 9.17) is 5.73 Å². The van der Waals surface area contributed by atoms with Gasteiger partial charge in [0.1, 0.15) is 0 Å². The molecule has 1 aliphatic carbocycles. The number of carbonyl (C=O) groups excluding carboxylic acids is 1. The Labute approximate surface area is 128 Å². The Bertz CT molecular complexity index is 438. The molecule has 0 heterocycles. The second-order valence-corrected chi connectivity index (χ2v) is 6.42. The van der Waals surface area contributed by atoms with Gasteiger partial charge < -0.3 is 11.1 Å². The summed E-state index contributed by atoms with van der Waals surface area (Å²) < 4.78 is 0. The average Bonchev–Trinajstić information content (AvgIpc) is 2.48. The molecule has 0 bridgehead atoms. The molecule has 0 saturated heterocycles. The van der Waals surface area contributed by atoms with Crippen molar-refractivity contribution < 1.29 is 4.79 Å². The van der Waals surface area contributed by atoms with Crippen LogP contribution in [0.25, 0.3) is 0 Å². The normalized spacial score (nSPS) is 19.0. The summed E-state index contributed by atoms with van der Waals surface area (Å²) in [7, 11) is 0. The highest BCUT2D eigenvalue weighted by molar-refractivity contribution is 5.77. The smallest absolute Gasteiger partial charge is 0.222 e. The Morgan fingerprint density at radius 1 is 1.24 bits per heavy atom. The topological polar surface area (TPSA) is 55.1 Å². The van der Waals surface area contributed by atoms with Gasteiger partial charge >= 0.3 is 0 Å². The summed E-state index contributed by atoms with van der Waals surface area (Å²) in [5.41, 5.74) is 7.29. The fraction of sp³-hybridized carbons (Fsp3) is 0.611. The molecule has 1 aromatic carbocycles. The summed E-state index contributed by atoms with van der Waals surface area (Å²) in [6.45, 7) is 2.15. The first-order valence-electron chi connectivity index (χ1n) is 8.26. The van der Waals surface area contributed by atoms with Gasteiger partial charge in [0.15, 0.2) is 0 Å². The highest BCUT2D eigenvalue weighted by Crippen LogP contribution is 2.29. The average molecular weight is 288 g/mol.